The summed E-state index contributed by atoms with van der Waals surface area (Å²) >= 11 is 2.61. The molecule has 14 heavy (non-hydrogen) atoms. The van der Waals surface area contributed by atoms with Gasteiger partial charge in [0.15, 0.2) is 0 Å². The Balaban J connectivity index is 2.09. The predicted octanol–water partition coefficient (Wildman–Crippen LogP) is 1.43. The van der Waals surface area contributed by atoms with Crippen LogP contribution in [0.25, 0.3) is 0 Å². The molecule has 5 nitrogen and oxygen atoms in total. The topological polar surface area (TPSA) is 80.9 Å². The van der Waals surface area contributed by atoms with Crippen molar-refractivity contribution in [1.82, 2.24) is 10.2 Å². The second-order valence-corrected chi connectivity index (χ2v) is 4.20. The molecule has 2 aromatic heterocycles. The van der Waals surface area contributed by atoms with Gasteiger partial charge in [0.2, 0.25) is 10.3 Å². The maximum Gasteiger partial charge on any atom is 0.258 e. The number of carbonyl (C=O) groups excluding carboxylic acids is 1. The minimum Gasteiger partial charge on any atom is -0.374 e. The number of aromatic nitrogens is 2. The smallest absolute Gasteiger partial charge is 0.258 e. The number of hydrogen-bond donors (Lipinski definition) is 2. The van der Waals surface area contributed by atoms with Gasteiger partial charge in [0, 0.05) is 5.38 Å². The SMILES string of the molecule is Nc1nnc(NC(=O)c2ccsc2)s1. The van der Waals surface area contributed by atoms with Gasteiger partial charge in [-0.2, -0.15) is 11.3 Å². The number of thiophene rings is 1. The van der Waals surface area contributed by atoms with Crippen molar-refractivity contribution in [2.75, 3.05) is 11.1 Å². The third kappa shape index (κ3) is 1.88. The third-order valence-electron chi connectivity index (χ3n) is 1.44. The van der Waals surface area contributed by atoms with E-state index in [0.29, 0.717) is 15.8 Å². The van der Waals surface area contributed by atoms with Crippen LogP contribution in [0.3, 0.4) is 0 Å². The van der Waals surface area contributed by atoms with Gasteiger partial charge in [-0.05, 0) is 11.4 Å². The number of amides is 1. The Morgan fingerprint density at radius 2 is 2.36 bits per heavy atom. The van der Waals surface area contributed by atoms with Crippen molar-refractivity contribution in [3.05, 3.63) is 22.4 Å². The van der Waals surface area contributed by atoms with E-state index in [2.05, 4.69) is 15.5 Å². The van der Waals surface area contributed by atoms with Crippen molar-refractivity contribution < 1.29 is 4.79 Å². The van der Waals surface area contributed by atoms with Crippen molar-refractivity contribution in [1.29, 1.82) is 0 Å². The molecule has 0 fully saturated rings. The monoisotopic (exact) mass is 226 g/mol. The predicted molar refractivity (Wildman–Crippen MR) is 56.6 cm³/mol. The first-order chi connectivity index (χ1) is 6.75. The molecule has 0 aromatic carbocycles. The van der Waals surface area contributed by atoms with E-state index < -0.39 is 0 Å². The average molecular weight is 226 g/mol. The molecule has 2 aromatic rings. The molecule has 0 aliphatic rings. The Kier molecular flexibility index (Phi) is 2.42. The maximum absolute atomic E-state index is 11.5. The molecule has 0 aliphatic heterocycles. The van der Waals surface area contributed by atoms with Gasteiger partial charge in [-0.1, -0.05) is 11.3 Å². The van der Waals surface area contributed by atoms with Crippen LogP contribution >= 0.6 is 22.7 Å². The summed E-state index contributed by atoms with van der Waals surface area (Å²) in [5.41, 5.74) is 5.98. The Morgan fingerprint density at radius 1 is 1.50 bits per heavy atom. The number of nitrogens with zero attached hydrogens (tertiary/aromatic N) is 2. The van der Waals surface area contributed by atoms with Crippen LogP contribution in [0.2, 0.25) is 0 Å². The number of carbonyl (C=O) groups is 1. The van der Waals surface area contributed by atoms with Crippen LogP contribution in [0.1, 0.15) is 10.4 Å². The zero-order valence-electron chi connectivity index (χ0n) is 6.93. The van der Waals surface area contributed by atoms with E-state index in [1.54, 1.807) is 11.4 Å². The summed E-state index contributed by atoms with van der Waals surface area (Å²) in [6.07, 6.45) is 0. The molecule has 0 bridgehead atoms. The second kappa shape index (κ2) is 3.72. The fourth-order valence-electron chi connectivity index (χ4n) is 0.848. The van der Waals surface area contributed by atoms with E-state index in [-0.39, 0.29) is 5.91 Å². The van der Waals surface area contributed by atoms with E-state index in [1.807, 2.05) is 5.38 Å². The Labute approximate surface area is 87.6 Å². The number of anilines is 2. The van der Waals surface area contributed by atoms with Gasteiger partial charge in [-0.25, -0.2) is 0 Å². The first-order valence-electron chi connectivity index (χ1n) is 3.68. The first kappa shape index (κ1) is 9.10. The molecule has 0 saturated carbocycles. The molecular weight excluding hydrogens is 220 g/mol. The molecule has 7 heteroatoms. The van der Waals surface area contributed by atoms with Crippen LogP contribution in [0.15, 0.2) is 16.8 Å². The van der Waals surface area contributed by atoms with Crippen LogP contribution in [-0.2, 0) is 0 Å². The molecule has 72 valence electrons. The quantitative estimate of drug-likeness (QED) is 0.811. The second-order valence-electron chi connectivity index (χ2n) is 2.41. The van der Waals surface area contributed by atoms with Gasteiger partial charge in [0.05, 0.1) is 5.56 Å². The summed E-state index contributed by atoms with van der Waals surface area (Å²) in [4.78, 5) is 11.5. The number of nitrogen functional groups attached to an aromatic ring is 1. The highest BCUT2D eigenvalue weighted by Crippen LogP contribution is 2.17. The van der Waals surface area contributed by atoms with Crippen LogP contribution in [0.4, 0.5) is 10.3 Å². The number of hydrogen-bond acceptors (Lipinski definition) is 6. The lowest BCUT2D eigenvalue weighted by Crippen LogP contribution is -2.10. The normalized spacial score (nSPS) is 10.0. The number of nitrogens with one attached hydrogen (secondary N) is 1. The maximum atomic E-state index is 11.5. The summed E-state index contributed by atoms with van der Waals surface area (Å²) < 4.78 is 0. The largest absolute Gasteiger partial charge is 0.374 e. The molecule has 1 amide bonds. The molecule has 3 N–H and O–H groups in total. The lowest BCUT2D eigenvalue weighted by atomic mass is 10.3. The van der Waals surface area contributed by atoms with Gasteiger partial charge in [-0.15, -0.1) is 10.2 Å². The molecule has 0 aliphatic carbocycles. The first-order valence-corrected chi connectivity index (χ1v) is 5.44. The summed E-state index contributed by atoms with van der Waals surface area (Å²) in [7, 11) is 0. The van der Waals surface area contributed by atoms with E-state index >= 15 is 0 Å². The molecular formula is C7H6N4OS2. The minimum absolute atomic E-state index is 0.192. The average Bonchev–Trinajstić information content (AvgIpc) is 2.75. The van der Waals surface area contributed by atoms with Crippen LogP contribution < -0.4 is 11.1 Å². The Hall–Kier alpha value is -1.47. The molecule has 2 heterocycles. The number of rotatable bonds is 2. The van der Waals surface area contributed by atoms with E-state index in [1.165, 1.54) is 11.3 Å². The molecule has 2 rings (SSSR count). The van der Waals surface area contributed by atoms with Crippen molar-refractivity contribution in [3.63, 3.8) is 0 Å². The molecule has 0 atom stereocenters. The van der Waals surface area contributed by atoms with E-state index in [0.717, 1.165) is 11.3 Å². The van der Waals surface area contributed by atoms with E-state index in [9.17, 15) is 4.79 Å². The molecule has 0 radical (unpaired) electrons. The molecule has 0 unspecified atom stereocenters. The zero-order valence-corrected chi connectivity index (χ0v) is 8.56. The lowest BCUT2D eigenvalue weighted by molar-refractivity contribution is 0.102. The van der Waals surface area contributed by atoms with Crippen molar-refractivity contribution in [3.8, 4) is 0 Å². The zero-order chi connectivity index (χ0) is 9.97. The Morgan fingerprint density at radius 3 is 2.93 bits per heavy atom. The summed E-state index contributed by atoms with van der Waals surface area (Å²) in [6, 6.07) is 1.74. The van der Waals surface area contributed by atoms with Gasteiger partial charge in [0.1, 0.15) is 0 Å². The summed E-state index contributed by atoms with van der Waals surface area (Å²) in [6.45, 7) is 0. The fraction of sp³-hybridized carbons (Fsp3) is 0. The van der Waals surface area contributed by atoms with E-state index in [4.69, 9.17) is 5.73 Å². The highest BCUT2D eigenvalue weighted by atomic mass is 32.1. The van der Waals surface area contributed by atoms with Gasteiger partial charge >= 0.3 is 0 Å². The number of nitrogens with two attached hydrogens (primary N) is 1. The van der Waals surface area contributed by atoms with Gasteiger partial charge < -0.3 is 5.73 Å². The molecule has 0 spiro atoms. The van der Waals surface area contributed by atoms with Crippen LogP contribution in [0, 0.1) is 0 Å². The Bertz CT molecular complexity index is 436. The van der Waals surface area contributed by atoms with Gasteiger partial charge in [0.25, 0.3) is 5.91 Å². The third-order valence-corrected chi connectivity index (χ3v) is 2.80. The standard InChI is InChI=1S/C7H6N4OS2/c8-6-10-11-7(14-6)9-5(12)4-1-2-13-3-4/h1-3H,(H2,8,10)(H,9,11,12). The van der Waals surface area contributed by atoms with Gasteiger partial charge in [-0.3, -0.25) is 10.1 Å². The van der Waals surface area contributed by atoms with Crippen LogP contribution in [0.5, 0.6) is 0 Å². The summed E-state index contributed by atoms with van der Waals surface area (Å²) in [5, 5.41) is 14.2. The van der Waals surface area contributed by atoms with Crippen LogP contribution in [-0.4, -0.2) is 16.1 Å². The lowest BCUT2D eigenvalue weighted by Gasteiger charge is -1.96. The highest BCUT2D eigenvalue weighted by Gasteiger charge is 2.08. The van der Waals surface area contributed by atoms with Crippen molar-refractivity contribution in [2.45, 2.75) is 0 Å². The van der Waals surface area contributed by atoms with Crippen molar-refractivity contribution >= 4 is 38.8 Å². The fourth-order valence-corrected chi connectivity index (χ4v) is 1.99. The summed E-state index contributed by atoms with van der Waals surface area (Å²) in [5.74, 6) is -0.192. The molecule has 0 saturated heterocycles. The minimum atomic E-state index is -0.192. The van der Waals surface area contributed by atoms with Crippen molar-refractivity contribution in [2.24, 2.45) is 0 Å². The highest BCUT2D eigenvalue weighted by molar-refractivity contribution is 7.19.